The van der Waals surface area contributed by atoms with Gasteiger partial charge in [0.1, 0.15) is 0 Å². The van der Waals surface area contributed by atoms with E-state index >= 15 is 0 Å². The second kappa shape index (κ2) is 15.1. The zero-order valence-electron chi connectivity index (χ0n) is 29.9. The van der Waals surface area contributed by atoms with Gasteiger partial charge >= 0.3 is 0 Å². The topological polar surface area (TPSA) is 116 Å². The van der Waals surface area contributed by atoms with E-state index in [-0.39, 0.29) is 46.3 Å². The largest absolute Gasteiger partial charge is 0.326 e. The highest BCUT2D eigenvalue weighted by Crippen LogP contribution is 2.31. The number of nitrogens with one attached hydrogen (secondary N) is 4. The second-order valence-electron chi connectivity index (χ2n) is 15.2. The van der Waals surface area contributed by atoms with Gasteiger partial charge < -0.3 is 21.3 Å². The molecule has 1 aliphatic rings. The Bertz CT molecular complexity index is 1670. The van der Waals surface area contributed by atoms with E-state index in [9.17, 15) is 19.2 Å². The summed E-state index contributed by atoms with van der Waals surface area (Å²) in [5.74, 6) is -0.877. The van der Waals surface area contributed by atoms with Crippen LogP contribution in [-0.2, 0) is 20.4 Å². The Kier molecular flexibility index (Phi) is 10.9. The lowest BCUT2D eigenvalue weighted by Crippen LogP contribution is -2.32. The van der Waals surface area contributed by atoms with Crippen molar-refractivity contribution in [2.45, 2.75) is 78.1 Å². The number of hydrogen-bond acceptors (Lipinski definition) is 4. The van der Waals surface area contributed by atoms with Gasteiger partial charge in [-0.2, -0.15) is 0 Å². The second-order valence-corrected chi connectivity index (χ2v) is 15.2. The maximum Gasteiger partial charge on any atom is 0.255 e. The number of amides is 4. The lowest BCUT2D eigenvalue weighted by atomic mass is 9.81. The zero-order chi connectivity index (χ0) is 36.1. The highest BCUT2D eigenvalue weighted by atomic mass is 16.2. The summed E-state index contributed by atoms with van der Waals surface area (Å²) in [6.07, 6.45) is 2.48. The van der Waals surface area contributed by atoms with Gasteiger partial charge in [0.25, 0.3) is 11.8 Å². The predicted octanol–water partition coefficient (Wildman–Crippen LogP) is 9.17. The smallest absolute Gasteiger partial charge is 0.255 e. The van der Waals surface area contributed by atoms with E-state index in [1.54, 1.807) is 48.5 Å². The van der Waals surface area contributed by atoms with Crippen LogP contribution in [0, 0.1) is 11.8 Å². The van der Waals surface area contributed by atoms with Crippen molar-refractivity contribution in [3.8, 4) is 0 Å². The third kappa shape index (κ3) is 9.47. The molecule has 260 valence electrons. The predicted molar refractivity (Wildman–Crippen MR) is 202 cm³/mol. The van der Waals surface area contributed by atoms with E-state index in [1.807, 2.05) is 48.5 Å². The summed E-state index contributed by atoms with van der Waals surface area (Å²) in [7, 11) is 0. The lowest BCUT2D eigenvalue weighted by Gasteiger charge is -2.27. The van der Waals surface area contributed by atoms with Crippen molar-refractivity contribution in [2.75, 3.05) is 21.3 Å². The molecule has 50 heavy (non-hydrogen) atoms. The molecular formula is C42H48N4O4. The van der Waals surface area contributed by atoms with Gasteiger partial charge in [-0.1, -0.05) is 65.8 Å². The average molecular weight is 673 g/mol. The minimum Gasteiger partial charge on any atom is -0.326 e. The maximum atomic E-state index is 13.0. The van der Waals surface area contributed by atoms with Crippen molar-refractivity contribution in [3.63, 3.8) is 0 Å². The van der Waals surface area contributed by atoms with Crippen molar-refractivity contribution in [2.24, 2.45) is 11.8 Å². The molecule has 8 heteroatoms. The SMILES string of the molecule is CC(C)(C)c1ccc(C(=O)Nc2ccc(NC(=O)C3CCC(C(=O)Nc4ccc(NC(=O)c5ccc(C(C)(C)C)cc5)cc4)CC3)cc2)cc1. The molecular weight excluding hydrogens is 624 g/mol. The first-order chi connectivity index (χ1) is 23.7. The van der Waals surface area contributed by atoms with E-state index < -0.39 is 0 Å². The Hall–Kier alpha value is -5.24. The lowest BCUT2D eigenvalue weighted by molar-refractivity contribution is -0.125. The fourth-order valence-electron chi connectivity index (χ4n) is 6.03. The Balaban J connectivity index is 1.04. The summed E-state index contributed by atoms with van der Waals surface area (Å²) in [6, 6.07) is 29.4. The Morgan fingerprint density at radius 1 is 0.420 bits per heavy atom. The zero-order valence-corrected chi connectivity index (χ0v) is 29.9. The highest BCUT2D eigenvalue weighted by Gasteiger charge is 2.30. The molecule has 8 nitrogen and oxygen atoms in total. The summed E-state index contributed by atoms with van der Waals surface area (Å²) in [4.78, 5) is 51.5. The summed E-state index contributed by atoms with van der Waals surface area (Å²) in [6.45, 7) is 12.8. The molecule has 5 rings (SSSR count). The molecule has 1 saturated carbocycles. The minimum atomic E-state index is -0.192. The summed E-state index contributed by atoms with van der Waals surface area (Å²) in [5, 5.41) is 11.8. The average Bonchev–Trinajstić information content (AvgIpc) is 3.09. The van der Waals surface area contributed by atoms with Crippen molar-refractivity contribution in [3.05, 3.63) is 119 Å². The first-order valence-corrected chi connectivity index (χ1v) is 17.3. The van der Waals surface area contributed by atoms with Gasteiger partial charge in [-0.15, -0.1) is 0 Å². The number of anilines is 4. The normalized spacial score (nSPS) is 16.2. The maximum absolute atomic E-state index is 13.0. The molecule has 4 N–H and O–H groups in total. The van der Waals surface area contributed by atoms with Crippen LogP contribution in [0.15, 0.2) is 97.1 Å². The van der Waals surface area contributed by atoms with E-state index in [4.69, 9.17) is 0 Å². The molecule has 4 aromatic rings. The molecule has 0 saturated heterocycles. The van der Waals surface area contributed by atoms with E-state index in [2.05, 4.69) is 62.8 Å². The van der Waals surface area contributed by atoms with E-state index in [0.717, 1.165) is 11.1 Å². The molecule has 4 aromatic carbocycles. The third-order valence-electron chi connectivity index (χ3n) is 9.32. The molecule has 0 atom stereocenters. The monoisotopic (exact) mass is 672 g/mol. The molecule has 0 spiro atoms. The number of carbonyl (C=O) groups excluding carboxylic acids is 4. The molecule has 0 unspecified atom stereocenters. The number of carbonyl (C=O) groups is 4. The minimum absolute atomic E-state index is 0.0152. The van der Waals surface area contributed by atoms with Crippen molar-refractivity contribution < 1.29 is 19.2 Å². The van der Waals surface area contributed by atoms with Gasteiger partial charge in [0, 0.05) is 45.7 Å². The molecule has 0 heterocycles. The summed E-state index contributed by atoms with van der Waals surface area (Å²) < 4.78 is 0. The molecule has 1 fully saturated rings. The quantitative estimate of drug-likeness (QED) is 0.149. The highest BCUT2D eigenvalue weighted by molar-refractivity contribution is 6.05. The van der Waals surface area contributed by atoms with Crippen molar-refractivity contribution in [1.29, 1.82) is 0 Å². The van der Waals surface area contributed by atoms with Crippen LogP contribution in [0.4, 0.5) is 22.7 Å². The van der Waals surface area contributed by atoms with Gasteiger partial charge in [-0.3, -0.25) is 19.2 Å². The Morgan fingerprint density at radius 2 is 0.680 bits per heavy atom. The van der Waals surface area contributed by atoms with Gasteiger partial charge in [0.05, 0.1) is 0 Å². The Labute approximate surface area is 295 Å². The van der Waals surface area contributed by atoms with Crippen LogP contribution in [0.25, 0.3) is 0 Å². The van der Waals surface area contributed by atoms with Gasteiger partial charge in [0.15, 0.2) is 0 Å². The van der Waals surface area contributed by atoms with E-state index in [1.165, 1.54) is 0 Å². The third-order valence-corrected chi connectivity index (χ3v) is 9.32. The van der Waals surface area contributed by atoms with Crippen LogP contribution in [0.2, 0.25) is 0 Å². The van der Waals surface area contributed by atoms with Gasteiger partial charge in [-0.05, 0) is 120 Å². The fraction of sp³-hybridized carbons (Fsp3) is 0.333. The standard InChI is InChI=1S/C42H48N4O4/c1-41(2,3)31-15-11-29(12-16-31)39(49)45-35-23-19-33(20-24-35)43-37(47)27-7-9-28(10-8-27)38(48)44-34-21-25-36(26-22-34)46-40(50)30-13-17-32(18-14-30)42(4,5)6/h11-28H,7-10H2,1-6H3,(H,43,47)(H,44,48)(H,45,49)(H,46,50). The van der Waals surface area contributed by atoms with Crippen LogP contribution >= 0.6 is 0 Å². The van der Waals surface area contributed by atoms with Crippen LogP contribution in [-0.4, -0.2) is 23.6 Å². The molecule has 0 radical (unpaired) electrons. The molecule has 0 aromatic heterocycles. The number of hydrogen-bond donors (Lipinski definition) is 4. The number of rotatable bonds is 8. The molecule has 0 aliphatic heterocycles. The fourth-order valence-corrected chi connectivity index (χ4v) is 6.03. The first kappa shape index (κ1) is 36.1. The van der Waals surface area contributed by atoms with Crippen LogP contribution < -0.4 is 21.3 Å². The summed E-state index contributed by atoms with van der Waals surface area (Å²) >= 11 is 0. The van der Waals surface area contributed by atoms with Crippen LogP contribution in [0.3, 0.4) is 0 Å². The van der Waals surface area contributed by atoms with Crippen molar-refractivity contribution >= 4 is 46.4 Å². The van der Waals surface area contributed by atoms with Crippen molar-refractivity contribution in [1.82, 2.24) is 0 Å². The molecule has 4 amide bonds. The molecule has 1 aliphatic carbocycles. The summed E-state index contributed by atoms with van der Waals surface area (Å²) in [5.41, 5.74) is 6.10. The Morgan fingerprint density at radius 3 is 0.940 bits per heavy atom. The first-order valence-electron chi connectivity index (χ1n) is 17.3. The van der Waals surface area contributed by atoms with Gasteiger partial charge in [0.2, 0.25) is 11.8 Å². The van der Waals surface area contributed by atoms with E-state index in [0.29, 0.717) is 59.6 Å². The number of benzene rings is 4. The molecule has 0 bridgehead atoms. The van der Waals surface area contributed by atoms with Crippen LogP contribution in [0.5, 0.6) is 0 Å². The van der Waals surface area contributed by atoms with Crippen LogP contribution in [0.1, 0.15) is 99.1 Å². The van der Waals surface area contributed by atoms with Gasteiger partial charge in [-0.25, -0.2) is 0 Å².